The molecule has 1 aliphatic carbocycles. The topological polar surface area (TPSA) is 75.3 Å². The molecule has 5 nitrogen and oxygen atoms in total. The van der Waals surface area contributed by atoms with Crippen LogP contribution in [0.2, 0.25) is 0 Å². The third kappa shape index (κ3) is 4.13. The van der Waals surface area contributed by atoms with Crippen LogP contribution in [0.3, 0.4) is 0 Å². The van der Waals surface area contributed by atoms with Crippen molar-refractivity contribution < 1.29 is 13.2 Å². The zero-order valence-corrected chi connectivity index (χ0v) is 15.9. The Balaban J connectivity index is 1.41. The van der Waals surface area contributed by atoms with Gasteiger partial charge in [0.25, 0.3) is 5.91 Å². The summed E-state index contributed by atoms with van der Waals surface area (Å²) >= 11 is 0. The van der Waals surface area contributed by atoms with Gasteiger partial charge in [-0.05, 0) is 48.4 Å². The van der Waals surface area contributed by atoms with Crippen LogP contribution >= 0.6 is 0 Å². The first-order valence-corrected chi connectivity index (χ1v) is 10.5. The molecule has 1 fully saturated rings. The lowest BCUT2D eigenvalue weighted by Gasteiger charge is -2.08. The maximum absolute atomic E-state index is 12.6. The first-order valence-electron chi connectivity index (χ1n) is 9.07. The number of hydrogen-bond acceptors (Lipinski definition) is 3. The van der Waals surface area contributed by atoms with Crippen LogP contribution in [-0.4, -0.2) is 20.4 Å². The van der Waals surface area contributed by atoms with Crippen molar-refractivity contribution in [2.45, 2.75) is 23.3 Å². The Morgan fingerprint density at radius 2 is 1.43 bits per heavy atom. The molecule has 0 radical (unpaired) electrons. The van der Waals surface area contributed by atoms with E-state index >= 15 is 0 Å². The number of hydrogen-bond donors (Lipinski definition) is 2. The SMILES string of the molecule is O=C(Nc1ccccc1)c1ccc(S(=O)(=O)N[C@H]2C[C@@H]2c2ccccc2)cc1. The Bertz CT molecular complexity index is 1070. The number of rotatable bonds is 6. The average Bonchev–Trinajstić information content (AvgIpc) is 3.48. The van der Waals surface area contributed by atoms with Crippen LogP contribution in [0.15, 0.2) is 89.8 Å². The van der Waals surface area contributed by atoms with Crippen molar-refractivity contribution in [1.82, 2.24) is 4.72 Å². The molecule has 1 saturated carbocycles. The number of para-hydroxylation sites is 1. The maximum Gasteiger partial charge on any atom is 0.255 e. The average molecular weight is 392 g/mol. The highest BCUT2D eigenvalue weighted by atomic mass is 32.2. The number of nitrogens with one attached hydrogen (secondary N) is 2. The molecule has 0 saturated heterocycles. The Morgan fingerprint density at radius 1 is 0.821 bits per heavy atom. The smallest absolute Gasteiger partial charge is 0.255 e. The van der Waals surface area contributed by atoms with Gasteiger partial charge in [0, 0.05) is 23.2 Å². The first kappa shape index (κ1) is 18.4. The molecule has 3 aromatic carbocycles. The van der Waals surface area contributed by atoms with Crippen LogP contribution in [0.1, 0.15) is 28.3 Å². The quantitative estimate of drug-likeness (QED) is 0.670. The second-order valence-corrected chi connectivity index (χ2v) is 8.54. The molecular formula is C22H20N2O3S. The standard InChI is InChI=1S/C22H20N2O3S/c25-22(23-18-9-5-2-6-10-18)17-11-13-19(14-12-17)28(26,27)24-21-15-20(21)16-7-3-1-4-8-16/h1-14,20-21,24H,15H2,(H,23,25)/t20-,21+/m1/s1. The predicted molar refractivity (Wildman–Crippen MR) is 109 cm³/mol. The molecule has 0 bridgehead atoms. The van der Waals surface area contributed by atoms with E-state index in [9.17, 15) is 13.2 Å². The number of amides is 1. The van der Waals surface area contributed by atoms with E-state index in [2.05, 4.69) is 10.0 Å². The van der Waals surface area contributed by atoms with Gasteiger partial charge in [-0.1, -0.05) is 48.5 Å². The fourth-order valence-corrected chi connectivity index (χ4v) is 4.46. The van der Waals surface area contributed by atoms with Gasteiger partial charge in [-0.25, -0.2) is 13.1 Å². The molecule has 4 rings (SSSR count). The van der Waals surface area contributed by atoms with Crippen LogP contribution < -0.4 is 10.0 Å². The van der Waals surface area contributed by atoms with E-state index < -0.39 is 10.0 Å². The minimum atomic E-state index is -3.62. The van der Waals surface area contributed by atoms with E-state index in [1.54, 1.807) is 12.1 Å². The normalized spacial score (nSPS) is 18.4. The minimum Gasteiger partial charge on any atom is -0.322 e. The fraction of sp³-hybridized carbons (Fsp3) is 0.136. The summed E-state index contributed by atoms with van der Waals surface area (Å²) < 4.78 is 28.0. The van der Waals surface area contributed by atoms with Crippen molar-refractivity contribution in [3.05, 3.63) is 96.1 Å². The van der Waals surface area contributed by atoms with E-state index in [4.69, 9.17) is 0 Å². The first-order chi connectivity index (χ1) is 13.5. The fourth-order valence-electron chi connectivity index (χ4n) is 3.17. The van der Waals surface area contributed by atoms with Crippen LogP contribution in [0.25, 0.3) is 0 Å². The third-order valence-electron chi connectivity index (χ3n) is 4.78. The van der Waals surface area contributed by atoms with Gasteiger partial charge >= 0.3 is 0 Å². The molecule has 1 amide bonds. The van der Waals surface area contributed by atoms with Crippen LogP contribution in [0.4, 0.5) is 5.69 Å². The molecular weight excluding hydrogens is 372 g/mol. The second-order valence-electron chi connectivity index (χ2n) is 6.83. The minimum absolute atomic E-state index is 0.0894. The van der Waals surface area contributed by atoms with Gasteiger partial charge in [-0.3, -0.25) is 4.79 Å². The lowest BCUT2D eigenvalue weighted by molar-refractivity contribution is 0.102. The third-order valence-corrected chi connectivity index (χ3v) is 6.29. The highest BCUT2D eigenvalue weighted by molar-refractivity contribution is 7.89. The molecule has 28 heavy (non-hydrogen) atoms. The summed E-state index contributed by atoms with van der Waals surface area (Å²) in [6, 6.07) is 24.9. The molecule has 0 unspecified atom stereocenters. The highest BCUT2D eigenvalue weighted by Gasteiger charge is 2.41. The summed E-state index contributed by atoms with van der Waals surface area (Å²) in [4.78, 5) is 12.4. The predicted octanol–water partition coefficient (Wildman–Crippen LogP) is 3.77. The summed E-state index contributed by atoms with van der Waals surface area (Å²) in [6.45, 7) is 0. The largest absolute Gasteiger partial charge is 0.322 e. The molecule has 2 atom stereocenters. The number of benzene rings is 3. The number of carbonyl (C=O) groups is 1. The van der Waals surface area contributed by atoms with E-state index in [0.29, 0.717) is 11.3 Å². The Hall–Kier alpha value is -2.96. The van der Waals surface area contributed by atoms with Gasteiger partial charge in [0.05, 0.1) is 4.90 Å². The summed E-state index contributed by atoms with van der Waals surface area (Å²) in [5.41, 5.74) is 2.23. The van der Waals surface area contributed by atoms with Crippen molar-refractivity contribution in [3.63, 3.8) is 0 Å². The molecule has 1 aliphatic rings. The van der Waals surface area contributed by atoms with Crippen molar-refractivity contribution >= 4 is 21.6 Å². The molecule has 142 valence electrons. The van der Waals surface area contributed by atoms with Gasteiger partial charge in [0.1, 0.15) is 0 Å². The lowest BCUT2D eigenvalue weighted by Crippen LogP contribution is -2.27. The molecule has 0 aromatic heterocycles. The summed E-state index contributed by atoms with van der Waals surface area (Å²) in [7, 11) is -3.62. The number of sulfonamides is 1. The summed E-state index contributed by atoms with van der Waals surface area (Å²) in [5, 5.41) is 2.78. The van der Waals surface area contributed by atoms with Crippen molar-refractivity contribution in [2.24, 2.45) is 0 Å². The van der Waals surface area contributed by atoms with E-state index in [1.165, 1.54) is 24.3 Å². The van der Waals surface area contributed by atoms with E-state index in [0.717, 1.165) is 12.0 Å². The zero-order valence-electron chi connectivity index (χ0n) is 15.1. The summed E-state index contributed by atoms with van der Waals surface area (Å²) in [6.07, 6.45) is 0.792. The van der Waals surface area contributed by atoms with Crippen molar-refractivity contribution in [1.29, 1.82) is 0 Å². The maximum atomic E-state index is 12.6. The molecule has 0 heterocycles. The molecule has 3 aromatic rings. The zero-order chi connectivity index (χ0) is 19.6. The van der Waals surface area contributed by atoms with Gasteiger partial charge < -0.3 is 5.32 Å². The van der Waals surface area contributed by atoms with E-state index in [-0.39, 0.29) is 22.8 Å². The van der Waals surface area contributed by atoms with Crippen LogP contribution in [0, 0.1) is 0 Å². The molecule has 0 aliphatic heterocycles. The van der Waals surface area contributed by atoms with Crippen molar-refractivity contribution in [2.75, 3.05) is 5.32 Å². The Morgan fingerprint density at radius 3 is 2.07 bits per heavy atom. The van der Waals surface area contributed by atoms with Gasteiger partial charge in [-0.15, -0.1) is 0 Å². The molecule has 2 N–H and O–H groups in total. The number of carbonyl (C=O) groups excluding carboxylic acids is 1. The van der Waals surface area contributed by atoms with Gasteiger partial charge in [-0.2, -0.15) is 0 Å². The van der Waals surface area contributed by atoms with Crippen LogP contribution in [-0.2, 0) is 10.0 Å². The number of anilines is 1. The lowest BCUT2D eigenvalue weighted by atomic mass is 10.1. The van der Waals surface area contributed by atoms with Crippen molar-refractivity contribution in [3.8, 4) is 0 Å². The van der Waals surface area contributed by atoms with Gasteiger partial charge in [0.15, 0.2) is 0 Å². The second kappa shape index (κ2) is 7.58. The summed E-state index contributed by atoms with van der Waals surface area (Å²) in [5.74, 6) is -0.0682. The van der Waals surface area contributed by atoms with Gasteiger partial charge in [0.2, 0.25) is 10.0 Å². The van der Waals surface area contributed by atoms with Crippen LogP contribution in [0.5, 0.6) is 0 Å². The monoisotopic (exact) mass is 392 g/mol. The Labute approximate surface area is 164 Å². The van der Waals surface area contributed by atoms with E-state index in [1.807, 2.05) is 48.5 Å². The Kier molecular flexibility index (Phi) is 4.98. The molecule has 6 heteroatoms. The molecule has 0 spiro atoms. The highest BCUT2D eigenvalue weighted by Crippen LogP contribution is 2.41.